The second-order valence-corrected chi connectivity index (χ2v) is 4.85. The van der Waals surface area contributed by atoms with Gasteiger partial charge < -0.3 is 15.0 Å². The maximum atomic E-state index is 5.16. The highest BCUT2D eigenvalue weighted by molar-refractivity contribution is 5.48. The van der Waals surface area contributed by atoms with E-state index < -0.39 is 0 Å². The lowest BCUT2D eigenvalue weighted by atomic mass is 9.90. The number of aromatic nitrogens is 1. The van der Waals surface area contributed by atoms with Gasteiger partial charge in [0.2, 0.25) is 5.88 Å². The van der Waals surface area contributed by atoms with Crippen molar-refractivity contribution in [2.75, 3.05) is 32.1 Å². The average molecular weight is 235 g/mol. The molecule has 0 bridgehead atoms. The predicted molar refractivity (Wildman–Crippen MR) is 69.7 cm³/mol. The molecule has 1 aromatic rings. The predicted octanol–water partition coefficient (Wildman–Crippen LogP) is 1.67. The van der Waals surface area contributed by atoms with Gasteiger partial charge in [0.05, 0.1) is 7.11 Å². The fraction of sp³-hybridized carbons (Fsp3) is 0.615. The number of rotatable bonds is 3. The van der Waals surface area contributed by atoms with E-state index in [4.69, 9.17) is 4.74 Å². The number of ether oxygens (including phenoxy) is 1. The van der Waals surface area contributed by atoms with Crippen LogP contribution < -0.4 is 15.0 Å². The van der Waals surface area contributed by atoms with E-state index in [0.29, 0.717) is 5.88 Å². The first-order chi connectivity index (χ1) is 8.17. The van der Waals surface area contributed by atoms with Gasteiger partial charge in [0, 0.05) is 36.6 Å². The molecule has 17 heavy (non-hydrogen) atoms. The van der Waals surface area contributed by atoms with Gasteiger partial charge in [-0.25, -0.2) is 4.98 Å². The fourth-order valence-corrected chi connectivity index (χ4v) is 2.22. The molecule has 4 nitrogen and oxygen atoms in total. The third kappa shape index (κ3) is 2.69. The molecule has 0 radical (unpaired) electrons. The van der Waals surface area contributed by atoms with Crippen LogP contribution in [0.4, 0.5) is 5.69 Å². The van der Waals surface area contributed by atoms with Gasteiger partial charge in [-0.15, -0.1) is 0 Å². The average Bonchev–Trinajstić information content (AvgIpc) is 2.40. The Hall–Kier alpha value is -1.29. The van der Waals surface area contributed by atoms with Crippen LogP contribution in [0.15, 0.2) is 18.3 Å². The van der Waals surface area contributed by atoms with Crippen LogP contribution >= 0.6 is 0 Å². The number of hydrogen-bond donors (Lipinski definition) is 1. The van der Waals surface area contributed by atoms with Gasteiger partial charge in [0.25, 0.3) is 0 Å². The van der Waals surface area contributed by atoms with Gasteiger partial charge >= 0.3 is 0 Å². The van der Waals surface area contributed by atoms with Gasteiger partial charge in [0.15, 0.2) is 0 Å². The first kappa shape index (κ1) is 12.2. The molecule has 2 rings (SSSR count). The molecular weight excluding hydrogens is 214 g/mol. The monoisotopic (exact) mass is 235 g/mol. The third-order valence-electron chi connectivity index (χ3n) is 3.76. The number of piperidine rings is 1. The SMILES string of the molecule is CNC1(C)CCN(c2ccnc(OC)c2)CC1. The summed E-state index contributed by atoms with van der Waals surface area (Å²) in [5.41, 5.74) is 1.49. The zero-order valence-electron chi connectivity index (χ0n) is 10.9. The van der Waals surface area contributed by atoms with Crippen LogP contribution in [0.5, 0.6) is 5.88 Å². The summed E-state index contributed by atoms with van der Waals surface area (Å²) in [6, 6.07) is 4.05. The highest BCUT2D eigenvalue weighted by Gasteiger charge is 2.28. The maximum absolute atomic E-state index is 5.16. The molecule has 4 heteroatoms. The van der Waals surface area contributed by atoms with Crippen LogP contribution in [-0.4, -0.2) is 37.8 Å². The maximum Gasteiger partial charge on any atom is 0.214 e. The molecular formula is C13H21N3O. The van der Waals surface area contributed by atoms with Crippen LogP contribution in [0.3, 0.4) is 0 Å². The molecule has 0 amide bonds. The molecule has 0 aromatic carbocycles. The minimum absolute atomic E-state index is 0.285. The normalized spacial score (nSPS) is 19.1. The Morgan fingerprint density at radius 3 is 2.71 bits per heavy atom. The second-order valence-electron chi connectivity index (χ2n) is 4.85. The van der Waals surface area contributed by atoms with E-state index in [0.717, 1.165) is 25.9 Å². The Bertz CT molecular complexity index is 373. The van der Waals surface area contributed by atoms with Gasteiger partial charge in [0.1, 0.15) is 0 Å². The lowest BCUT2D eigenvalue weighted by molar-refractivity contribution is 0.305. The minimum Gasteiger partial charge on any atom is -0.481 e. The van der Waals surface area contributed by atoms with Crippen molar-refractivity contribution in [1.29, 1.82) is 0 Å². The molecule has 2 heterocycles. The second kappa shape index (κ2) is 4.92. The molecule has 1 N–H and O–H groups in total. The van der Waals surface area contributed by atoms with Crippen LogP contribution in [0.1, 0.15) is 19.8 Å². The Balaban J connectivity index is 2.05. The van der Waals surface area contributed by atoms with E-state index in [1.54, 1.807) is 13.3 Å². The molecule has 1 aromatic heterocycles. The topological polar surface area (TPSA) is 37.4 Å². The van der Waals surface area contributed by atoms with Gasteiger partial charge in [-0.3, -0.25) is 0 Å². The molecule has 0 unspecified atom stereocenters. The first-order valence-electron chi connectivity index (χ1n) is 6.11. The molecule has 1 aliphatic heterocycles. The largest absolute Gasteiger partial charge is 0.481 e. The molecule has 94 valence electrons. The molecule has 0 saturated carbocycles. The van der Waals surface area contributed by atoms with Crippen LogP contribution in [0.25, 0.3) is 0 Å². The summed E-state index contributed by atoms with van der Waals surface area (Å²) in [5.74, 6) is 0.685. The van der Waals surface area contributed by atoms with Crippen molar-refractivity contribution < 1.29 is 4.74 Å². The highest BCUT2D eigenvalue weighted by Crippen LogP contribution is 2.26. The van der Waals surface area contributed by atoms with Crippen LogP contribution in [-0.2, 0) is 0 Å². The minimum atomic E-state index is 0.285. The Kier molecular flexibility index (Phi) is 3.52. The quantitative estimate of drug-likeness (QED) is 0.864. The molecule has 1 aliphatic rings. The number of nitrogens with one attached hydrogen (secondary N) is 1. The summed E-state index contributed by atoms with van der Waals surface area (Å²) in [5, 5.41) is 3.41. The van der Waals surface area contributed by atoms with Crippen molar-refractivity contribution >= 4 is 5.69 Å². The van der Waals surface area contributed by atoms with Crippen LogP contribution in [0.2, 0.25) is 0 Å². The lowest BCUT2D eigenvalue weighted by Gasteiger charge is -2.40. The summed E-state index contributed by atoms with van der Waals surface area (Å²) in [6.45, 7) is 4.44. The van der Waals surface area contributed by atoms with E-state index in [1.165, 1.54) is 5.69 Å². The number of nitrogens with zero attached hydrogens (tertiary/aromatic N) is 2. The van der Waals surface area contributed by atoms with Crippen molar-refractivity contribution in [3.8, 4) is 5.88 Å². The highest BCUT2D eigenvalue weighted by atomic mass is 16.5. The van der Waals surface area contributed by atoms with Crippen molar-refractivity contribution in [2.45, 2.75) is 25.3 Å². The smallest absolute Gasteiger partial charge is 0.214 e. The number of hydrogen-bond acceptors (Lipinski definition) is 4. The summed E-state index contributed by atoms with van der Waals surface area (Å²) < 4.78 is 5.16. The fourth-order valence-electron chi connectivity index (χ4n) is 2.22. The first-order valence-corrected chi connectivity index (χ1v) is 6.11. The zero-order chi connectivity index (χ0) is 12.3. The number of methoxy groups -OCH3 is 1. The van der Waals surface area contributed by atoms with E-state index in [-0.39, 0.29) is 5.54 Å². The molecule has 1 fully saturated rings. The van der Waals surface area contributed by atoms with E-state index >= 15 is 0 Å². The summed E-state index contributed by atoms with van der Waals surface area (Å²) in [7, 11) is 3.70. The van der Waals surface area contributed by atoms with Gasteiger partial charge in [-0.2, -0.15) is 0 Å². The van der Waals surface area contributed by atoms with Gasteiger partial charge in [-0.05, 0) is 32.9 Å². The van der Waals surface area contributed by atoms with E-state index in [1.807, 2.05) is 19.2 Å². The summed E-state index contributed by atoms with van der Waals surface area (Å²) >= 11 is 0. The van der Waals surface area contributed by atoms with Crippen molar-refractivity contribution in [2.24, 2.45) is 0 Å². The van der Waals surface area contributed by atoms with Crippen molar-refractivity contribution in [3.63, 3.8) is 0 Å². The third-order valence-corrected chi connectivity index (χ3v) is 3.76. The standard InChI is InChI=1S/C13H21N3O/c1-13(14-2)5-8-16(9-6-13)11-4-7-15-12(10-11)17-3/h4,7,10,14H,5-6,8-9H2,1-3H3. The lowest BCUT2D eigenvalue weighted by Crippen LogP contribution is -2.50. The molecule has 0 atom stereocenters. The van der Waals surface area contributed by atoms with E-state index in [9.17, 15) is 0 Å². The number of pyridine rings is 1. The Labute approximate surface area is 103 Å². The molecule has 1 saturated heterocycles. The Morgan fingerprint density at radius 1 is 1.41 bits per heavy atom. The summed E-state index contributed by atoms with van der Waals surface area (Å²) in [4.78, 5) is 6.53. The van der Waals surface area contributed by atoms with Crippen molar-refractivity contribution in [1.82, 2.24) is 10.3 Å². The zero-order valence-corrected chi connectivity index (χ0v) is 10.9. The molecule has 0 aliphatic carbocycles. The summed E-state index contributed by atoms with van der Waals surface area (Å²) in [6.07, 6.45) is 4.13. The number of anilines is 1. The van der Waals surface area contributed by atoms with Crippen LogP contribution in [0, 0.1) is 0 Å². The van der Waals surface area contributed by atoms with E-state index in [2.05, 4.69) is 22.1 Å². The molecule has 0 spiro atoms. The Morgan fingerprint density at radius 2 is 2.12 bits per heavy atom. The van der Waals surface area contributed by atoms with Gasteiger partial charge in [-0.1, -0.05) is 0 Å². The van der Waals surface area contributed by atoms with Crippen molar-refractivity contribution in [3.05, 3.63) is 18.3 Å².